The monoisotopic (exact) mass is 234 g/mol. The fourth-order valence-corrected chi connectivity index (χ4v) is 1.97. The predicted octanol–water partition coefficient (Wildman–Crippen LogP) is 2.99. The summed E-state index contributed by atoms with van der Waals surface area (Å²) in [5, 5.41) is 3.63. The smallest absolute Gasteiger partial charge is 0.0317 e. The fourth-order valence-electron chi connectivity index (χ4n) is 1.97. The lowest BCUT2D eigenvalue weighted by Crippen LogP contribution is -2.25. The average molecular weight is 234 g/mol. The van der Waals surface area contributed by atoms with Crippen molar-refractivity contribution in [3.05, 3.63) is 35.4 Å². The van der Waals surface area contributed by atoms with E-state index in [1.54, 1.807) is 0 Å². The molecule has 2 nitrogen and oxygen atoms in total. The second-order valence-corrected chi connectivity index (χ2v) is 4.98. The van der Waals surface area contributed by atoms with Crippen molar-refractivity contribution in [1.29, 1.82) is 0 Å². The van der Waals surface area contributed by atoms with Gasteiger partial charge in [0.1, 0.15) is 0 Å². The van der Waals surface area contributed by atoms with Gasteiger partial charge in [0.05, 0.1) is 0 Å². The zero-order valence-corrected chi connectivity index (χ0v) is 11.7. The van der Waals surface area contributed by atoms with Crippen molar-refractivity contribution in [3.63, 3.8) is 0 Å². The summed E-state index contributed by atoms with van der Waals surface area (Å²) in [6.07, 6.45) is 2.35. The fraction of sp³-hybridized carbons (Fsp3) is 0.600. The predicted molar refractivity (Wildman–Crippen MR) is 75.4 cm³/mol. The molecule has 0 aliphatic heterocycles. The van der Waals surface area contributed by atoms with Crippen molar-refractivity contribution < 1.29 is 0 Å². The maximum absolute atomic E-state index is 3.63. The molecule has 0 heterocycles. The second kappa shape index (κ2) is 7.46. The SMILES string of the molecule is CCC(NCCCN(C)C)c1ccc(C)cc1. The van der Waals surface area contributed by atoms with Gasteiger partial charge in [-0.15, -0.1) is 0 Å². The van der Waals surface area contributed by atoms with Crippen LogP contribution in [0.1, 0.15) is 36.9 Å². The highest BCUT2D eigenvalue weighted by Crippen LogP contribution is 2.16. The number of hydrogen-bond acceptors (Lipinski definition) is 2. The van der Waals surface area contributed by atoms with Crippen LogP contribution in [0.3, 0.4) is 0 Å². The summed E-state index contributed by atoms with van der Waals surface area (Å²) in [7, 11) is 4.24. The Morgan fingerprint density at radius 2 is 1.82 bits per heavy atom. The maximum atomic E-state index is 3.63. The van der Waals surface area contributed by atoms with Crippen LogP contribution in [-0.2, 0) is 0 Å². The molecule has 0 radical (unpaired) electrons. The van der Waals surface area contributed by atoms with E-state index in [-0.39, 0.29) is 0 Å². The van der Waals surface area contributed by atoms with Crippen LogP contribution in [0.15, 0.2) is 24.3 Å². The van der Waals surface area contributed by atoms with Gasteiger partial charge in [0.25, 0.3) is 0 Å². The van der Waals surface area contributed by atoms with Crippen molar-refractivity contribution in [2.45, 2.75) is 32.7 Å². The van der Waals surface area contributed by atoms with Crippen molar-refractivity contribution in [2.24, 2.45) is 0 Å². The lowest BCUT2D eigenvalue weighted by Gasteiger charge is -2.18. The number of nitrogens with one attached hydrogen (secondary N) is 1. The summed E-state index contributed by atoms with van der Waals surface area (Å²) in [6, 6.07) is 9.36. The standard InChI is InChI=1S/C15H26N2/c1-5-15(16-11-6-12-17(3)4)14-9-7-13(2)8-10-14/h7-10,15-16H,5-6,11-12H2,1-4H3. The van der Waals surface area contributed by atoms with Gasteiger partial charge in [0, 0.05) is 6.04 Å². The molecule has 1 unspecified atom stereocenters. The van der Waals surface area contributed by atoms with Crippen LogP contribution in [0.5, 0.6) is 0 Å². The summed E-state index contributed by atoms with van der Waals surface area (Å²) >= 11 is 0. The van der Waals surface area contributed by atoms with Gasteiger partial charge in [-0.05, 0) is 52.5 Å². The van der Waals surface area contributed by atoms with Gasteiger partial charge in [0.2, 0.25) is 0 Å². The quantitative estimate of drug-likeness (QED) is 0.730. The molecular weight excluding hydrogens is 208 g/mol. The zero-order chi connectivity index (χ0) is 12.7. The molecule has 1 N–H and O–H groups in total. The van der Waals surface area contributed by atoms with E-state index in [2.05, 4.69) is 62.4 Å². The van der Waals surface area contributed by atoms with Crippen LogP contribution in [0, 0.1) is 6.92 Å². The molecule has 0 bridgehead atoms. The van der Waals surface area contributed by atoms with Crippen LogP contribution in [-0.4, -0.2) is 32.1 Å². The number of benzene rings is 1. The third-order valence-electron chi connectivity index (χ3n) is 3.06. The molecule has 1 aromatic carbocycles. The molecular formula is C15H26N2. The summed E-state index contributed by atoms with van der Waals surface area (Å²) < 4.78 is 0. The maximum Gasteiger partial charge on any atom is 0.0317 e. The van der Waals surface area contributed by atoms with E-state index >= 15 is 0 Å². The van der Waals surface area contributed by atoms with E-state index in [1.165, 1.54) is 17.5 Å². The summed E-state index contributed by atoms with van der Waals surface area (Å²) in [5.41, 5.74) is 2.74. The van der Waals surface area contributed by atoms with Crippen molar-refractivity contribution in [1.82, 2.24) is 10.2 Å². The summed E-state index contributed by atoms with van der Waals surface area (Å²) in [6.45, 7) is 6.61. The molecule has 0 saturated heterocycles. The number of nitrogens with zero attached hydrogens (tertiary/aromatic N) is 1. The number of aryl methyl sites for hydroxylation is 1. The van der Waals surface area contributed by atoms with Gasteiger partial charge in [-0.1, -0.05) is 36.8 Å². The third-order valence-corrected chi connectivity index (χ3v) is 3.06. The molecule has 0 amide bonds. The molecule has 0 saturated carbocycles. The highest BCUT2D eigenvalue weighted by Gasteiger charge is 2.07. The first-order valence-electron chi connectivity index (χ1n) is 6.58. The van der Waals surface area contributed by atoms with E-state index in [0.29, 0.717) is 6.04 Å². The lowest BCUT2D eigenvalue weighted by atomic mass is 10.0. The Balaban J connectivity index is 2.40. The Morgan fingerprint density at radius 1 is 1.18 bits per heavy atom. The first-order valence-corrected chi connectivity index (χ1v) is 6.58. The second-order valence-electron chi connectivity index (χ2n) is 4.98. The van der Waals surface area contributed by atoms with Crippen LogP contribution in [0.4, 0.5) is 0 Å². The normalized spacial score (nSPS) is 13.0. The molecule has 0 aromatic heterocycles. The Hall–Kier alpha value is -0.860. The molecule has 17 heavy (non-hydrogen) atoms. The number of rotatable bonds is 7. The largest absolute Gasteiger partial charge is 0.310 e. The Bertz CT molecular complexity index is 303. The van der Waals surface area contributed by atoms with Gasteiger partial charge in [-0.25, -0.2) is 0 Å². The molecule has 1 rings (SSSR count). The van der Waals surface area contributed by atoms with Gasteiger partial charge in [-0.3, -0.25) is 0 Å². The van der Waals surface area contributed by atoms with Crippen LogP contribution in [0.2, 0.25) is 0 Å². The third kappa shape index (κ3) is 5.33. The highest BCUT2D eigenvalue weighted by atomic mass is 15.1. The molecule has 1 atom stereocenters. The van der Waals surface area contributed by atoms with Crippen LogP contribution >= 0.6 is 0 Å². The molecule has 0 aliphatic rings. The van der Waals surface area contributed by atoms with Crippen LogP contribution < -0.4 is 5.32 Å². The minimum Gasteiger partial charge on any atom is -0.310 e. The van der Waals surface area contributed by atoms with Crippen molar-refractivity contribution in [3.8, 4) is 0 Å². The zero-order valence-electron chi connectivity index (χ0n) is 11.7. The molecule has 96 valence electrons. The van der Waals surface area contributed by atoms with Gasteiger partial charge < -0.3 is 10.2 Å². The van der Waals surface area contributed by atoms with E-state index in [0.717, 1.165) is 19.5 Å². The van der Waals surface area contributed by atoms with Crippen LogP contribution in [0.25, 0.3) is 0 Å². The van der Waals surface area contributed by atoms with E-state index in [1.807, 2.05) is 0 Å². The van der Waals surface area contributed by atoms with Gasteiger partial charge >= 0.3 is 0 Å². The minimum atomic E-state index is 0.498. The van der Waals surface area contributed by atoms with E-state index in [4.69, 9.17) is 0 Å². The summed E-state index contributed by atoms with van der Waals surface area (Å²) in [5.74, 6) is 0. The lowest BCUT2D eigenvalue weighted by molar-refractivity contribution is 0.385. The molecule has 2 heteroatoms. The van der Waals surface area contributed by atoms with E-state index < -0.39 is 0 Å². The Morgan fingerprint density at radius 3 is 2.35 bits per heavy atom. The molecule has 0 spiro atoms. The first kappa shape index (κ1) is 14.2. The van der Waals surface area contributed by atoms with Gasteiger partial charge in [-0.2, -0.15) is 0 Å². The Labute approximate surface area is 106 Å². The van der Waals surface area contributed by atoms with E-state index in [9.17, 15) is 0 Å². The van der Waals surface area contributed by atoms with Crippen molar-refractivity contribution >= 4 is 0 Å². The number of hydrogen-bond donors (Lipinski definition) is 1. The average Bonchev–Trinajstić information content (AvgIpc) is 2.30. The Kier molecular flexibility index (Phi) is 6.23. The highest BCUT2D eigenvalue weighted by molar-refractivity contribution is 5.23. The van der Waals surface area contributed by atoms with Gasteiger partial charge in [0.15, 0.2) is 0 Å². The molecule has 0 fully saturated rings. The first-order chi connectivity index (χ1) is 8.13. The molecule has 0 aliphatic carbocycles. The van der Waals surface area contributed by atoms with Crippen molar-refractivity contribution in [2.75, 3.05) is 27.2 Å². The molecule has 1 aromatic rings. The topological polar surface area (TPSA) is 15.3 Å². The summed E-state index contributed by atoms with van der Waals surface area (Å²) in [4.78, 5) is 2.23. The minimum absolute atomic E-state index is 0.498.